The van der Waals surface area contributed by atoms with Crippen LogP contribution in [0.15, 0.2) is 17.7 Å². The Balaban J connectivity index is 3.40. The smallest absolute Gasteiger partial charge is 0.155 e. The first-order valence-corrected chi connectivity index (χ1v) is 5.52. The van der Waals surface area contributed by atoms with Crippen molar-refractivity contribution in [3.05, 3.63) is 23.3 Å². The minimum Gasteiger partial charge on any atom is -0.496 e. The van der Waals surface area contributed by atoms with Gasteiger partial charge in [0.25, 0.3) is 0 Å². The molecule has 1 rings (SSSR count). The lowest BCUT2D eigenvalue weighted by Crippen LogP contribution is -1.97. The van der Waals surface area contributed by atoms with Crippen molar-refractivity contribution in [3.8, 4) is 17.2 Å². The van der Waals surface area contributed by atoms with E-state index in [1.807, 2.05) is 0 Å². The third-order valence-electron chi connectivity index (χ3n) is 2.67. The first-order chi connectivity index (χ1) is 8.53. The number of carbonyl (C=O) groups excluding carboxylic acids is 1. The van der Waals surface area contributed by atoms with Gasteiger partial charge in [-0.15, -0.1) is 0 Å². The molecule has 0 heterocycles. The van der Waals surface area contributed by atoms with Gasteiger partial charge in [0.2, 0.25) is 0 Å². The van der Waals surface area contributed by atoms with E-state index in [9.17, 15) is 4.79 Å². The fourth-order valence-corrected chi connectivity index (χ4v) is 1.49. The van der Waals surface area contributed by atoms with Gasteiger partial charge >= 0.3 is 0 Å². The maximum Gasteiger partial charge on any atom is 0.155 e. The molecule has 0 atom stereocenters. The summed E-state index contributed by atoms with van der Waals surface area (Å²) in [5.74, 6) is 1.86. The maximum atomic E-state index is 11.3. The topological polar surface area (TPSA) is 44.8 Å². The molecule has 98 valence electrons. The summed E-state index contributed by atoms with van der Waals surface area (Å²) in [6, 6.07) is 3.50. The van der Waals surface area contributed by atoms with Gasteiger partial charge in [-0.05, 0) is 25.5 Å². The van der Waals surface area contributed by atoms with E-state index in [-0.39, 0.29) is 5.78 Å². The summed E-state index contributed by atoms with van der Waals surface area (Å²) in [4.78, 5) is 11.3. The average molecular weight is 250 g/mol. The lowest BCUT2D eigenvalue weighted by molar-refractivity contribution is -0.113. The largest absolute Gasteiger partial charge is 0.496 e. The van der Waals surface area contributed by atoms with E-state index in [1.54, 1.807) is 46.5 Å². The van der Waals surface area contributed by atoms with E-state index in [4.69, 9.17) is 14.2 Å². The fraction of sp³-hybridized carbons (Fsp3) is 0.357. The van der Waals surface area contributed by atoms with Crippen LogP contribution in [0.4, 0.5) is 0 Å². The predicted molar refractivity (Wildman–Crippen MR) is 70.4 cm³/mol. The van der Waals surface area contributed by atoms with Crippen LogP contribution >= 0.6 is 0 Å². The van der Waals surface area contributed by atoms with Crippen molar-refractivity contribution < 1.29 is 19.0 Å². The molecule has 0 amide bonds. The Morgan fingerprint density at radius 2 is 1.50 bits per heavy atom. The number of methoxy groups -OCH3 is 3. The van der Waals surface area contributed by atoms with Crippen LogP contribution < -0.4 is 14.2 Å². The van der Waals surface area contributed by atoms with Crippen LogP contribution in [-0.4, -0.2) is 27.1 Å². The van der Waals surface area contributed by atoms with Gasteiger partial charge in [0, 0.05) is 12.1 Å². The molecule has 0 unspecified atom stereocenters. The number of ketones is 1. The SMILES string of the molecule is COc1cc(OC)c(/C=C(/C)C(C)=O)c(OC)c1. The molecule has 4 nitrogen and oxygen atoms in total. The van der Waals surface area contributed by atoms with E-state index in [1.165, 1.54) is 6.92 Å². The van der Waals surface area contributed by atoms with Gasteiger partial charge in [-0.1, -0.05) is 0 Å². The number of allylic oxidation sites excluding steroid dienone is 1. The molecule has 0 aliphatic heterocycles. The van der Waals surface area contributed by atoms with Gasteiger partial charge in [-0.25, -0.2) is 0 Å². The fourth-order valence-electron chi connectivity index (χ4n) is 1.49. The van der Waals surface area contributed by atoms with Gasteiger partial charge in [0.15, 0.2) is 5.78 Å². The van der Waals surface area contributed by atoms with E-state index < -0.39 is 0 Å². The zero-order chi connectivity index (χ0) is 13.7. The quantitative estimate of drug-likeness (QED) is 0.754. The Labute approximate surface area is 107 Å². The van der Waals surface area contributed by atoms with Crippen molar-refractivity contribution in [1.82, 2.24) is 0 Å². The molecule has 0 fully saturated rings. The molecular formula is C14H18O4. The van der Waals surface area contributed by atoms with Crippen LogP contribution in [0, 0.1) is 0 Å². The Morgan fingerprint density at radius 1 is 1.00 bits per heavy atom. The summed E-state index contributed by atoms with van der Waals surface area (Å²) in [6.07, 6.45) is 1.75. The van der Waals surface area contributed by atoms with Crippen LogP contribution in [0.2, 0.25) is 0 Å². The summed E-state index contributed by atoms with van der Waals surface area (Å²) in [6.45, 7) is 3.28. The molecule has 4 heteroatoms. The molecule has 0 saturated heterocycles. The van der Waals surface area contributed by atoms with E-state index in [2.05, 4.69) is 0 Å². The second-order valence-electron chi connectivity index (χ2n) is 3.83. The highest BCUT2D eigenvalue weighted by atomic mass is 16.5. The van der Waals surface area contributed by atoms with Crippen LogP contribution in [-0.2, 0) is 4.79 Å². The molecule has 1 aromatic rings. The van der Waals surface area contributed by atoms with Gasteiger partial charge < -0.3 is 14.2 Å². The van der Waals surface area contributed by atoms with Crippen molar-refractivity contribution in [2.24, 2.45) is 0 Å². The highest BCUT2D eigenvalue weighted by Crippen LogP contribution is 2.35. The summed E-state index contributed by atoms with van der Waals surface area (Å²) in [7, 11) is 4.70. The molecule has 18 heavy (non-hydrogen) atoms. The number of ether oxygens (including phenoxy) is 3. The molecule has 1 aromatic carbocycles. The van der Waals surface area contributed by atoms with Crippen LogP contribution in [0.25, 0.3) is 6.08 Å². The van der Waals surface area contributed by atoms with Gasteiger partial charge in [0.1, 0.15) is 17.2 Å². The third-order valence-corrected chi connectivity index (χ3v) is 2.67. The Kier molecular flexibility index (Phi) is 4.77. The molecule has 0 radical (unpaired) electrons. The number of hydrogen-bond donors (Lipinski definition) is 0. The van der Waals surface area contributed by atoms with E-state index >= 15 is 0 Å². The molecule has 0 bridgehead atoms. The first kappa shape index (κ1) is 14.1. The normalized spacial score (nSPS) is 11.1. The minimum absolute atomic E-state index is 0.00919. The summed E-state index contributed by atoms with van der Waals surface area (Å²) in [5.41, 5.74) is 1.37. The summed E-state index contributed by atoms with van der Waals surface area (Å²) in [5, 5.41) is 0. The number of rotatable bonds is 5. The summed E-state index contributed by atoms with van der Waals surface area (Å²) >= 11 is 0. The molecule has 0 aromatic heterocycles. The monoisotopic (exact) mass is 250 g/mol. The zero-order valence-electron chi connectivity index (χ0n) is 11.4. The van der Waals surface area contributed by atoms with Crippen molar-refractivity contribution in [2.45, 2.75) is 13.8 Å². The Hall–Kier alpha value is -1.97. The van der Waals surface area contributed by atoms with Gasteiger partial charge in [-0.2, -0.15) is 0 Å². The summed E-state index contributed by atoms with van der Waals surface area (Å²) < 4.78 is 15.7. The number of hydrogen-bond acceptors (Lipinski definition) is 4. The highest BCUT2D eigenvalue weighted by molar-refractivity contribution is 5.97. The van der Waals surface area contributed by atoms with Gasteiger partial charge in [-0.3, -0.25) is 4.79 Å². The second kappa shape index (κ2) is 6.10. The third kappa shape index (κ3) is 3.03. The van der Waals surface area contributed by atoms with Crippen molar-refractivity contribution in [1.29, 1.82) is 0 Å². The number of benzene rings is 1. The van der Waals surface area contributed by atoms with E-state index in [0.717, 1.165) is 5.56 Å². The second-order valence-corrected chi connectivity index (χ2v) is 3.83. The van der Waals surface area contributed by atoms with E-state index in [0.29, 0.717) is 22.8 Å². The average Bonchev–Trinajstić information content (AvgIpc) is 2.38. The standard InChI is InChI=1S/C14H18O4/c1-9(10(2)15)6-12-13(17-4)7-11(16-3)8-14(12)18-5/h6-8H,1-5H3/b9-6-. The first-order valence-electron chi connectivity index (χ1n) is 5.52. The van der Waals surface area contributed by atoms with Crippen LogP contribution in [0.3, 0.4) is 0 Å². The predicted octanol–water partition coefficient (Wildman–Crippen LogP) is 2.70. The zero-order valence-corrected chi connectivity index (χ0v) is 11.4. The number of carbonyl (C=O) groups is 1. The van der Waals surface area contributed by atoms with Crippen molar-refractivity contribution in [2.75, 3.05) is 21.3 Å². The minimum atomic E-state index is 0.00919. The molecule has 0 spiro atoms. The number of Topliss-reactive ketones (excluding diaryl/α,β-unsaturated/α-hetero) is 1. The maximum absolute atomic E-state index is 11.3. The molecule has 0 aliphatic carbocycles. The van der Waals surface area contributed by atoms with Gasteiger partial charge in [0.05, 0.1) is 26.9 Å². The van der Waals surface area contributed by atoms with Crippen molar-refractivity contribution >= 4 is 11.9 Å². The lowest BCUT2D eigenvalue weighted by Gasteiger charge is -2.13. The molecule has 0 aliphatic rings. The Morgan fingerprint density at radius 3 is 1.83 bits per heavy atom. The Bertz CT molecular complexity index is 450. The molecule has 0 saturated carbocycles. The lowest BCUT2D eigenvalue weighted by atomic mass is 10.1. The molecule has 0 N–H and O–H groups in total. The molecular weight excluding hydrogens is 232 g/mol. The van der Waals surface area contributed by atoms with Crippen LogP contribution in [0.1, 0.15) is 19.4 Å². The van der Waals surface area contributed by atoms with Crippen molar-refractivity contribution in [3.63, 3.8) is 0 Å². The van der Waals surface area contributed by atoms with Crippen LogP contribution in [0.5, 0.6) is 17.2 Å². The highest BCUT2D eigenvalue weighted by Gasteiger charge is 2.12.